The fraction of sp³-hybridized carbons (Fsp3) is 0.667. The Balaban J connectivity index is 2.23. The zero-order valence-corrected chi connectivity index (χ0v) is 20.4. The largest absolute Gasteiger partial charge is 0.466 e. The molecule has 0 radical (unpaired) electrons. The second kappa shape index (κ2) is 9.53. The fourth-order valence-electron chi connectivity index (χ4n) is 3.36. The lowest BCUT2D eigenvalue weighted by molar-refractivity contribution is -0.134. The van der Waals surface area contributed by atoms with Crippen LogP contribution in [0.3, 0.4) is 0 Å². The van der Waals surface area contributed by atoms with Crippen LogP contribution in [0.4, 0.5) is 5.13 Å². The van der Waals surface area contributed by atoms with E-state index in [1.54, 1.807) is 0 Å². The molecule has 1 heterocycles. The number of nitrogens with zero attached hydrogens (tertiary/aromatic N) is 1. The SMILES string of the molecule is COC(=O)C=CC1CC[C@@H](O[Si](C)(C)C(C)(C)C)C[C@H]1c1csc(NC(C)=O)n1. The van der Waals surface area contributed by atoms with Crippen molar-refractivity contribution in [1.82, 2.24) is 4.98 Å². The summed E-state index contributed by atoms with van der Waals surface area (Å²) in [6, 6.07) is 0. The van der Waals surface area contributed by atoms with Gasteiger partial charge in [0.15, 0.2) is 13.4 Å². The van der Waals surface area contributed by atoms with E-state index in [9.17, 15) is 9.59 Å². The summed E-state index contributed by atoms with van der Waals surface area (Å²) >= 11 is 1.43. The lowest BCUT2D eigenvalue weighted by atomic mass is 9.76. The number of allylic oxidation sites excluding steroid dienone is 1. The molecule has 1 aliphatic rings. The topological polar surface area (TPSA) is 77.5 Å². The molecule has 0 spiro atoms. The molecule has 1 N–H and O–H groups in total. The summed E-state index contributed by atoms with van der Waals surface area (Å²) in [7, 11) is -0.487. The van der Waals surface area contributed by atoms with Gasteiger partial charge in [-0.15, -0.1) is 11.3 Å². The summed E-state index contributed by atoms with van der Waals surface area (Å²) in [5.74, 6) is -0.157. The lowest BCUT2D eigenvalue weighted by Crippen LogP contribution is -2.45. The minimum Gasteiger partial charge on any atom is -0.466 e. The normalized spacial score (nSPS) is 23.2. The minimum absolute atomic E-state index is 0.129. The maximum atomic E-state index is 11.6. The number of ether oxygens (including phenoxy) is 1. The van der Waals surface area contributed by atoms with Gasteiger partial charge in [0.05, 0.1) is 12.8 Å². The van der Waals surface area contributed by atoms with Crippen molar-refractivity contribution in [3.05, 3.63) is 23.2 Å². The van der Waals surface area contributed by atoms with Gasteiger partial charge < -0.3 is 14.5 Å². The van der Waals surface area contributed by atoms with E-state index in [-0.39, 0.29) is 34.9 Å². The Kier molecular flexibility index (Phi) is 7.81. The number of amides is 1. The first kappa shape index (κ1) is 23.8. The van der Waals surface area contributed by atoms with E-state index in [1.165, 1.54) is 31.4 Å². The van der Waals surface area contributed by atoms with Crippen LogP contribution in [0.5, 0.6) is 0 Å². The first-order valence-electron chi connectivity index (χ1n) is 10.1. The molecule has 29 heavy (non-hydrogen) atoms. The predicted octanol–water partition coefficient (Wildman–Crippen LogP) is 5.10. The molecule has 0 bridgehead atoms. The third-order valence-electron chi connectivity index (χ3n) is 5.99. The van der Waals surface area contributed by atoms with Crippen LogP contribution in [0.2, 0.25) is 18.1 Å². The number of hydrogen-bond donors (Lipinski definition) is 1. The van der Waals surface area contributed by atoms with Gasteiger partial charge in [-0.1, -0.05) is 26.8 Å². The van der Waals surface area contributed by atoms with Crippen LogP contribution in [-0.2, 0) is 18.8 Å². The molecule has 1 fully saturated rings. The van der Waals surface area contributed by atoms with Crippen LogP contribution in [0.15, 0.2) is 17.5 Å². The molecule has 6 nitrogen and oxygen atoms in total. The molecule has 1 aromatic heterocycles. The smallest absolute Gasteiger partial charge is 0.330 e. The van der Waals surface area contributed by atoms with Gasteiger partial charge in [-0.3, -0.25) is 4.79 Å². The number of methoxy groups -OCH3 is 1. The Morgan fingerprint density at radius 3 is 2.59 bits per heavy atom. The lowest BCUT2D eigenvalue weighted by Gasteiger charge is -2.42. The van der Waals surface area contributed by atoms with Gasteiger partial charge in [0.2, 0.25) is 5.91 Å². The Morgan fingerprint density at radius 2 is 2.00 bits per heavy atom. The van der Waals surface area contributed by atoms with Crippen molar-refractivity contribution in [2.24, 2.45) is 5.92 Å². The highest BCUT2D eigenvalue weighted by molar-refractivity contribution is 7.13. The van der Waals surface area contributed by atoms with Crippen molar-refractivity contribution >= 4 is 36.7 Å². The van der Waals surface area contributed by atoms with Gasteiger partial charge in [-0.05, 0) is 43.3 Å². The number of carbonyl (C=O) groups excluding carboxylic acids is 2. The third kappa shape index (κ3) is 6.49. The number of thiazole rings is 1. The van der Waals surface area contributed by atoms with Crippen molar-refractivity contribution in [3.8, 4) is 0 Å². The van der Waals surface area contributed by atoms with Gasteiger partial charge in [0.1, 0.15) is 0 Å². The second-order valence-corrected chi connectivity index (χ2v) is 14.8. The number of aromatic nitrogens is 1. The Hall–Kier alpha value is -1.51. The van der Waals surface area contributed by atoms with E-state index >= 15 is 0 Å². The first-order chi connectivity index (χ1) is 13.4. The minimum atomic E-state index is -1.87. The maximum Gasteiger partial charge on any atom is 0.330 e. The molecule has 8 heteroatoms. The van der Waals surface area contributed by atoms with Crippen molar-refractivity contribution in [3.63, 3.8) is 0 Å². The first-order valence-corrected chi connectivity index (χ1v) is 13.9. The highest BCUT2D eigenvalue weighted by Gasteiger charge is 2.41. The average Bonchev–Trinajstić information content (AvgIpc) is 3.06. The summed E-state index contributed by atoms with van der Waals surface area (Å²) in [6.45, 7) is 12.8. The number of carbonyl (C=O) groups is 2. The van der Waals surface area contributed by atoms with Crippen LogP contribution >= 0.6 is 11.3 Å². The fourth-order valence-corrected chi connectivity index (χ4v) is 5.58. The number of anilines is 1. The molecule has 0 aromatic carbocycles. The number of hydrogen-bond acceptors (Lipinski definition) is 6. The van der Waals surface area contributed by atoms with Crippen LogP contribution in [-0.4, -0.2) is 38.4 Å². The van der Waals surface area contributed by atoms with Crippen LogP contribution < -0.4 is 5.32 Å². The second-order valence-electron chi connectivity index (χ2n) is 9.22. The average molecular weight is 439 g/mol. The molecule has 0 aliphatic heterocycles. The maximum absolute atomic E-state index is 11.6. The van der Waals surface area contributed by atoms with Crippen LogP contribution in [0, 0.1) is 5.92 Å². The van der Waals surface area contributed by atoms with Crippen LogP contribution in [0.1, 0.15) is 58.6 Å². The highest BCUT2D eigenvalue weighted by atomic mass is 32.1. The number of nitrogens with one attached hydrogen (secondary N) is 1. The van der Waals surface area contributed by atoms with Gasteiger partial charge >= 0.3 is 5.97 Å². The van der Waals surface area contributed by atoms with E-state index in [2.05, 4.69) is 44.2 Å². The molecular formula is C21H34N2O4SSi. The monoisotopic (exact) mass is 438 g/mol. The van der Waals surface area contributed by atoms with Gasteiger partial charge in [0, 0.05) is 30.4 Å². The quantitative estimate of drug-likeness (QED) is 0.380. The summed E-state index contributed by atoms with van der Waals surface area (Å²) in [5, 5.41) is 5.53. The third-order valence-corrected chi connectivity index (χ3v) is 11.3. The Bertz CT molecular complexity index is 754. The van der Waals surface area contributed by atoms with Gasteiger partial charge in [0.25, 0.3) is 0 Å². The predicted molar refractivity (Wildman–Crippen MR) is 120 cm³/mol. The molecule has 2 rings (SSSR count). The van der Waals surface area contributed by atoms with Crippen molar-refractivity contribution in [2.45, 2.75) is 77.1 Å². The summed E-state index contributed by atoms with van der Waals surface area (Å²) in [5.41, 5.74) is 0.946. The van der Waals surface area contributed by atoms with Gasteiger partial charge in [-0.2, -0.15) is 0 Å². The van der Waals surface area contributed by atoms with E-state index in [4.69, 9.17) is 9.16 Å². The van der Waals surface area contributed by atoms with Crippen molar-refractivity contribution < 1.29 is 18.8 Å². The molecular weight excluding hydrogens is 404 g/mol. The van der Waals surface area contributed by atoms with E-state index in [0.717, 1.165) is 25.0 Å². The zero-order valence-electron chi connectivity index (χ0n) is 18.6. The summed E-state index contributed by atoms with van der Waals surface area (Å²) < 4.78 is 11.4. The molecule has 162 valence electrons. The summed E-state index contributed by atoms with van der Waals surface area (Å²) in [4.78, 5) is 27.6. The van der Waals surface area contributed by atoms with Crippen LogP contribution in [0.25, 0.3) is 0 Å². The van der Waals surface area contributed by atoms with Gasteiger partial charge in [-0.25, -0.2) is 9.78 Å². The Morgan fingerprint density at radius 1 is 1.31 bits per heavy atom. The van der Waals surface area contributed by atoms with Crippen molar-refractivity contribution in [1.29, 1.82) is 0 Å². The van der Waals surface area contributed by atoms with E-state index < -0.39 is 8.32 Å². The number of esters is 1. The molecule has 1 unspecified atom stereocenters. The van der Waals surface area contributed by atoms with E-state index in [0.29, 0.717) is 5.13 Å². The standard InChI is InChI=1S/C21H34N2O4SSi/c1-14(24)22-20-23-18(13-28-20)17-12-16(27-29(6,7)21(2,3)4)10-8-15(17)9-11-19(25)26-5/h9,11,13,15-17H,8,10,12H2,1-7H3,(H,22,23,24)/t15?,16-,17-/m1/s1. The molecule has 1 aromatic rings. The van der Waals surface area contributed by atoms with Crippen molar-refractivity contribution in [2.75, 3.05) is 12.4 Å². The highest BCUT2D eigenvalue weighted by Crippen LogP contribution is 2.44. The molecule has 0 saturated heterocycles. The summed E-state index contributed by atoms with van der Waals surface area (Å²) in [6.07, 6.45) is 6.36. The molecule has 1 amide bonds. The molecule has 3 atom stereocenters. The van der Waals surface area contributed by atoms with E-state index in [1.807, 2.05) is 11.5 Å². The Labute approximate surface area is 179 Å². The molecule has 1 aliphatic carbocycles. The molecule has 1 saturated carbocycles. The zero-order chi connectivity index (χ0) is 21.8. The number of rotatable bonds is 6.